The molecule has 0 nitrogen and oxygen atoms in total. The van der Waals surface area contributed by atoms with E-state index >= 15 is 0 Å². The number of fused-ring (bicyclic) bond motifs is 6. The van der Waals surface area contributed by atoms with Gasteiger partial charge in [-0.1, -0.05) is 0 Å². The normalized spacial score (nSPS) is 11.9. The van der Waals surface area contributed by atoms with E-state index in [0.29, 0.717) is 0 Å². The SMILES string of the molecule is c1ccc2[c]([Bi]([c]3c4ccccc4cc4ccccc34)[c]3c4ccccc4cc4ccccc34)c3ccccc3cc2c1. The Morgan fingerprint density at radius 3 is 0.628 bits per heavy atom. The van der Waals surface area contributed by atoms with E-state index in [2.05, 4.69) is 164 Å². The quantitative estimate of drug-likeness (QED) is 0.125. The molecule has 0 aromatic heterocycles. The fraction of sp³-hybridized carbons (Fsp3) is 0. The van der Waals surface area contributed by atoms with Crippen molar-refractivity contribution in [1.29, 1.82) is 0 Å². The van der Waals surface area contributed by atoms with Crippen molar-refractivity contribution in [1.82, 2.24) is 0 Å². The molecule has 0 saturated carbocycles. The number of hydrogen-bond donors (Lipinski definition) is 0. The summed E-state index contributed by atoms with van der Waals surface area (Å²) in [5, 5.41) is 16.3. The molecular formula is C42H27Bi. The molecule has 0 N–H and O–H groups in total. The molecule has 9 aromatic carbocycles. The molecule has 1 heteroatoms. The average Bonchev–Trinajstić information content (AvgIpc) is 3.07. The van der Waals surface area contributed by atoms with Crippen molar-refractivity contribution in [2.45, 2.75) is 0 Å². The molecule has 0 heterocycles. The Balaban J connectivity index is 1.60. The van der Waals surface area contributed by atoms with Crippen LogP contribution in [-0.4, -0.2) is 21.8 Å². The van der Waals surface area contributed by atoms with Crippen molar-refractivity contribution in [2.75, 3.05) is 0 Å². The molecule has 0 aliphatic heterocycles. The molecule has 0 bridgehead atoms. The third-order valence-electron chi connectivity index (χ3n) is 8.90. The van der Waals surface area contributed by atoms with Crippen molar-refractivity contribution < 1.29 is 0 Å². The fourth-order valence-corrected chi connectivity index (χ4v) is 20.0. The van der Waals surface area contributed by atoms with Gasteiger partial charge < -0.3 is 0 Å². The summed E-state index contributed by atoms with van der Waals surface area (Å²) in [6.07, 6.45) is 0. The molecule has 0 spiro atoms. The van der Waals surface area contributed by atoms with Crippen molar-refractivity contribution in [2.24, 2.45) is 0 Å². The summed E-state index contributed by atoms with van der Waals surface area (Å²) in [6.45, 7) is 0. The zero-order valence-corrected chi connectivity index (χ0v) is 27.0. The van der Waals surface area contributed by atoms with Crippen molar-refractivity contribution in [3.05, 3.63) is 164 Å². The molecule has 200 valence electrons. The monoisotopic (exact) mass is 740 g/mol. The van der Waals surface area contributed by atoms with Gasteiger partial charge in [0.2, 0.25) is 0 Å². The van der Waals surface area contributed by atoms with Gasteiger partial charge in [-0.15, -0.1) is 0 Å². The van der Waals surface area contributed by atoms with Crippen molar-refractivity contribution >= 4 is 96.2 Å². The first-order chi connectivity index (χ1) is 21.3. The van der Waals surface area contributed by atoms with Crippen LogP contribution in [0, 0.1) is 0 Å². The summed E-state index contributed by atoms with van der Waals surface area (Å²) in [7, 11) is 0. The second kappa shape index (κ2) is 10.0. The van der Waals surface area contributed by atoms with Crippen LogP contribution in [0.25, 0.3) is 64.6 Å². The molecule has 0 aliphatic carbocycles. The van der Waals surface area contributed by atoms with Crippen LogP contribution < -0.4 is 9.81 Å². The Morgan fingerprint density at radius 2 is 0.419 bits per heavy atom. The van der Waals surface area contributed by atoms with Gasteiger partial charge in [-0.05, 0) is 0 Å². The maximum absolute atomic E-state index is 3.23. The van der Waals surface area contributed by atoms with Crippen LogP contribution in [-0.2, 0) is 0 Å². The van der Waals surface area contributed by atoms with E-state index in [1.165, 1.54) is 64.6 Å². The second-order valence-corrected chi connectivity index (χ2v) is 19.2. The minimum atomic E-state index is -3.23. The minimum absolute atomic E-state index is 1.32. The zero-order chi connectivity index (χ0) is 28.3. The van der Waals surface area contributed by atoms with Gasteiger partial charge in [0.05, 0.1) is 0 Å². The van der Waals surface area contributed by atoms with E-state index < -0.39 is 21.8 Å². The molecule has 0 unspecified atom stereocenters. The molecule has 9 aromatic rings. The number of rotatable bonds is 3. The number of hydrogen-bond acceptors (Lipinski definition) is 0. The van der Waals surface area contributed by atoms with Gasteiger partial charge in [0.25, 0.3) is 0 Å². The molecule has 0 radical (unpaired) electrons. The summed E-state index contributed by atoms with van der Waals surface area (Å²) in [4.78, 5) is 0. The van der Waals surface area contributed by atoms with E-state index in [1.807, 2.05) is 0 Å². The Hall–Kier alpha value is -4.58. The molecule has 0 atom stereocenters. The van der Waals surface area contributed by atoms with Crippen LogP contribution in [0.4, 0.5) is 0 Å². The summed E-state index contributed by atoms with van der Waals surface area (Å²) < 4.78 is 4.73. The Labute approximate surface area is 258 Å². The van der Waals surface area contributed by atoms with Crippen LogP contribution in [0.3, 0.4) is 0 Å². The fourth-order valence-electron chi connectivity index (χ4n) is 7.03. The Kier molecular flexibility index (Phi) is 5.81. The van der Waals surface area contributed by atoms with Gasteiger partial charge in [0.15, 0.2) is 0 Å². The van der Waals surface area contributed by atoms with E-state index in [-0.39, 0.29) is 0 Å². The van der Waals surface area contributed by atoms with Crippen molar-refractivity contribution in [3.8, 4) is 0 Å². The topological polar surface area (TPSA) is 0 Å². The molecular weight excluding hydrogens is 713 g/mol. The van der Waals surface area contributed by atoms with Crippen LogP contribution in [0.5, 0.6) is 0 Å². The third kappa shape index (κ3) is 3.92. The van der Waals surface area contributed by atoms with Gasteiger partial charge in [-0.25, -0.2) is 0 Å². The van der Waals surface area contributed by atoms with E-state index in [0.717, 1.165) is 0 Å². The van der Waals surface area contributed by atoms with Gasteiger partial charge >= 0.3 is 260 Å². The molecule has 0 aliphatic rings. The average molecular weight is 741 g/mol. The second-order valence-electron chi connectivity index (χ2n) is 11.3. The third-order valence-corrected chi connectivity index (χ3v) is 19.7. The predicted molar refractivity (Wildman–Crippen MR) is 189 cm³/mol. The van der Waals surface area contributed by atoms with Gasteiger partial charge in [0, 0.05) is 0 Å². The van der Waals surface area contributed by atoms with Gasteiger partial charge in [-0.2, -0.15) is 0 Å². The standard InChI is InChI=1S/3C14H9.Bi/c3*1-2-6-12-10-14-8-4-3-7-13(14)9-11(12)5-1;/h3*1-9H;. The molecule has 0 amide bonds. The van der Waals surface area contributed by atoms with E-state index in [9.17, 15) is 0 Å². The van der Waals surface area contributed by atoms with Crippen LogP contribution in [0.15, 0.2) is 164 Å². The first-order valence-corrected chi connectivity index (χ1v) is 20.1. The van der Waals surface area contributed by atoms with E-state index in [1.54, 1.807) is 9.81 Å². The first-order valence-electron chi connectivity index (χ1n) is 14.9. The summed E-state index contributed by atoms with van der Waals surface area (Å²) in [6, 6.07) is 61.7. The zero-order valence-electron chi connectivity index (χ0n) is 23.5. The predicted octanol–water partition coefficient (Wildman–Crippen LogP) is 9.12. The molecule has 0 fully saturated rings. The van der Waals surface area contributed by atoms with Gasteiger partial charge in [0.1, 0.15) is 0 Å². The van der Waals surface area contributed by atoms with Gasteiger partial charge in [-0.3, -0.25) is 0 Å². The molecule has 9 rings (SSSR count). The Bertz CT molecular complexity index is 2080. The number of benzene rings is 9. The first kappa shape index (κ1) is 25.0. The summed E-state index contributed by atoms with van der Waals surface area (Å²) >= 11 is -3.23. The molecule has 0 saturated heterocycles. The van der Waals surface area contributed by atoms with E-state index in [4.69, 9.17) is 0 Å². The molecule has 43 heavy (non-hydrogen) atoms. The summed E-state index contributed by atoms with van der Waals surface area (Å²) in [5.41, 5.74) is 0. The van der Waals surface area contributed by atoms with Crippen molar-refractivity contribution in [3.63, 3.8) is 0 Å². The maximum atomic E-state index is 2.39. The van der Waals surface area contributed by atoms with Crippen LogP contribution in [0.2, 0.25) is 0 Å². The van der Waals surface area contributed by atoms with Crippen LogP contribution in [0.1, 0.15) is 0 Å². The van der Waals surface area contributed by atoms with Crippen LogP contribution >= 0.6 is 0 Å². The Morgan fingerprint density at radius 1 is 0.233 bits per heavy atom. The summed E-state index contributed by atoms with van der Waals surface area (Å²) in [5.74, 6) is 0.